The summed E-state index contributed by atoms with van der Waals surface area (Å²) in [5.41, 5.74) is 0.423. The number of hydrogen-bond acceptors (Lipinski definition) is 5. The summed E-state index contributed by atoms with van der Waals surface area (Å²) in [4.78, 5) is 18.2. The van der Waals surface area contributed by atoms with Gasteiger partial charge in [-0.25, -0.2) is 9.79 Å². The molecule has 1 aromatic carbocycles. The van der Waals surface area contributed by atoms with E-state index in [4.69, 9.17) is 14.6 Å². The van der Waals surface area contributed by atoms with E-state index in [1.807, 2.05) is 14.1 Å². The van der Waals surface area contributed by atoms with Gasteiger partial charge in [-0.2, -0.15) is 5.26 Å². The molecule has 1 heterocycles. The highest BCUT2D eigenvalue weighted by atomic mass is 16.5. The zero-order chi connectivity index (χ0) is 18.9. The molecule has 0 radical (unpaired) electrons. The highest BCUT2D eigenvalue weighted by Gasteiger charge is 2.22. The number of piperidine rings is 1. The first-order valence-corrected chi connectivity index (χ1v) is 8.43. The summed E-state index contributed by atoms with van der Waals surface area (Å²) in [5.74, 6) is 1.37. The second-order valence-corrected chi connectivity index (χ2v) is 6.33. The van der Waals surface area contributed by atoms with Gasteiger partial charge in [0.05, 0.1) is 18.5 Å². The zero-order valence-corrected chi connectivity index (χ0v) is 15.1. The number of aliphatic imine (C=N–C) groups is 1. The first-order chi connectivity index (χ1) is 12.5. The molecular weight excluding hydrogens is 336 g/mol. The number of benzene rings is 1. The summed E-state index contributed by atoms with van der Waals surface area (Å²) in [7, 11) is 3.72. The lowest BCUT2D eigenvalue weighted by Crippen LogP contribution is -2.38. The lowest BCUT2D eigenvalue weighted by atomic mass is 9.98. The number of likely N-dealkylation sites (tertiary alicyclic amines) is 1. The van der Waals surface area contributed by atoms with E-state index in [0.29, 0.717) is 42.7 Å². The van der Waals surface area contributed by atoms with Gasteiger partial charge in [-0.1, -0.05) is 0 Å². The molecule has 1 fully saturated rings. The van der Waals surface area contributed by atoms with E-state index in [0.717, 1.165) is 12.8 Å². The van der Waals surface area contributed by atoms with Gasteiger partial charge in [0.2, 0.25) is 0 Å². The highest BCUT2D eigenvalue weighted by molar-refractivity contribution is 5.65. The number of hydrogen-bond donors (Lipinski definition) is 1. The minimum atomic E-state index is -0.866. The third kappa shape index (κ3) is 5.84. The molecule has 2 rings (SSSR count). The van der Waals surface area contributed by atoms with Gasteiger partial charge in [0.1, 0.15) is 17.6 Å². The molecule has 0 saturated carbocycles. The number of amides is 1. The molecule has 1 amide bonds. The lowest BCUT2D eigenvalue weighted by Gasteiger charge is -2.29. The smallest absolute Gasteiger partial charge is 0.407 e. The van der Waals surface area contributed by atoms with Crippen LogP contribution in [0.15, 0.2) is 23.2 Å². The van der Waals surface area contributed by atoms with Crippen LogP contribution in [0.5, 0.6) is 11.5 Å². The molecule has 1 aliphatic heterocycles. The van der Waals surface area contributed by atoms with E-state index in [1.54, 1.807) is 29.4 Å². The standard InChI is InChI=1S/C18H24N4O4/c1-21(2)12-20-13-26-17-9-16(4-3-15(17)10-19)25-11-14-5-7-22(8-6-14)18(23)24/h3-4,9,12,14H,5-8,11,13H2,1-2H3,(H,23,24). The lowest BCUT2D eigenvalue weighted by molar-refractivity contribution is 0.111. The van der Waals surface area contributed by atoms with Crippen LogP contribution >= 0.6 is 0 Å². The third-order valence-electron chi connectivity index (χ3n) is 4.05. The van der Waals surface area contributed by atoms with Crippen LogP contribution in [0.1, 0.15) is 18.4 Å². The topological polar surface area (TPSA) is 98.4 Å². The van der Waals surface area contributed by atoms with Gasteiger partial charge in [-0.05, 0) is 30.9 Å². The van der Waals surface area contributed by atoms with E-state index < -0.39 is 6.09 Å². The molecule has 8 heteroatoms. The second kappa shape index (κ2) is 9.51. The second-order valence-electron chi connectivity index (χ2n) is 6.33. The molecule has 0 aromatic heterocycles. The van der Waals surface area contributed by atoms with Crippen LogP contribution in [0.3, 0.4) is 0 Å². The normalized spacial score (nSPS) is 14.9. The predicted molar refractivity (Wildman–Crippen MR) is 96.6 cm³/mol. The molecule has 1 saturated heterocycles. The van der Waals surface area contributed by atoms with E-state index in [-0.39, 0.29) is 6.73 Å². The molecule has 0 aliphatic carbocycles. The van der Waals surface area contributed by atoms with Gasteiger partial charge in [0.15, 0.2) is 6.73 Å². The van der Waals surface area contributed by atoms with Crippen molar-refractivity contribution in [1.82, 2.24) is 9.80 Å². The van der Waals surface area contributed by atoms with Crippen molar-refractivity contribution >= 4 is 12.4 Å². The molecular formula is C18H24N4O4. The molecule has 1 aromatic rings. The van der Waals surface area contributed by atoms with Crippen LogP contribution in [-0.4, -0.2) is 67.9 Å². The number of rotatable bonds is 7. The van der Waals surface area contributed by atoms with Crippen LogP contribution in [0.2, 0.25) is 0 Å². The van der Waals surface area contributed by atoms with Crippen LogP contribution in [0, 0.1) is 17.2 Å². The van der Waals surface area contributed by atoms with Crippen molar-refractivity contribution in [3.8, 4) is 17.6 Å². The molecule has 26 heavy (non-hydrogen) atoms. The van der Waals surface area contributed by atoms with Gasteiger partial charge < -0.3 is 24.4 Å². The van der Waals surface area contributed by atoms with Crippen molar-refractivity contribution < 1.29 is 19.4 Å². The average molecular weight is 360 g/mol. The monoisotopic (exact) mass is 360 g/mol. The summed E-state index contributed by atoms with van der Waals surface area (Å²) in [6, 6.07) is 7.18. The Morgan fingerprint density at radius 1 is 1.42 bits per heavy atom. The van der Waals surface area contributed by atoms with Crippen molar-refractivity contribution in [2.75, 3.05) is 40.5 Å². The molecule has 0 bridgehead atoms. The summed E-state index contributed by atoms with van der Waals surface area (Å²) in [6.45, 7) is 1.70. The molecule has 0 spiro atoms. The molecule has 1 aliphatic rings. The summed E-state index contributed by atoms with van der Waals surface area (Å²) >= 11 is 0. The zero-order valence-electron chi connectivity index (χ0n) is 15.1. The fraction of sp³-hybridized carbons (Fsp3) is 0.500. The Hall–Kier alpha value is -2.95. The summed E-state index contributed by atoms with van der Waals surface area (Å²) < 4.78 is 11.4. The Balaban J connectivity index is 1.88. The first-order valence-electron chi connectivity index (χ1n) is 8.43. The fourth-order valence-corrected chi connectivity index (χ4v) is 2.61. The Kier molecular flexibility index (Phi) is 7.09. The van der Waals surface area contributed by atoms with Crippen LogP contribution in [0.4, 0.5) is 4.79 Å². The maximum absolute atomic E-state index is 10.9. The maximum Gasteiger partial charge on any atom is 0.407 e. The van der Waals surface area contributed by atoms with Gasteiger partial charge >= 0.3 is 6.09 Å². The van der Waals surface area contributed by atoms with Crippen LogP contribution in [-0.2, 0) is 0 Å². The molecule has 140 valence electrons. The molecule has 8 nitrogen and oxygen atoms in total. The van der Waals surface area contributed by atoms with Crippen molar-refractivity contribution in [1.29, 1.82) is 5.26 Å². The number of carbonyl (C=O) groups is 1. The number of nitriles is 1. The van der Waals surface area contributed by atoms with Gasteiger partial charge in [0, 0.05) is 33.3 Å². The average Bonchev–Trinajstić information content (AvgIpc) is 2.63. The van der Waals surface area contributed by atoms with E-state index in [9.17, 15) is 10.1 Å². The minimum absolute atomic E-state index is 0.115. The van der Waals surface area contributed by atoms with Gasteiger partial charge in [0.25, 0.3) is 0 Å². The Morgan fingerprint density at radius 3 is 2.77 bits per heavy atom. The Bertz CT molecular complexity index is 676. The number of nitrogens with zero attached hydrogens (tertiary/aromatic N) is 4. The minimum Gasteiger partial charge on any atom is -0.493 e. The van der Waals surface area contributed by atoms with Crippen LogP contribution in [0.25, 0.3) is 0 Å². The third-order valence-corrected chi connectivity index (χ3v) is 4.05. The van der Waals surface area contributed by atoms with Crippen LogP contribution < -0.4 is 9.47 Å². The van der Waals surface area contributed by atoms with Gasteiger partial charge in [-0.3, -0.25) is 0 Å². The van der Waals surface area contributed by atoms with Crippen molar-refractivity contribution in [3.63, 3.8) is 0 Å². The van der Waals surface area contributed by atoms with E-state index in [1.165, 1.54) is 4.90 Å². The fourth-order valence-electron chi connectivity index (χ4n) is 2.61. The quantitative estimate of drug-likeness (QED) is 0.591. The maximum atomic E-state index is 10.9. The predicted octanol–water partition coefficient (Wildman–Crippen LogP) is 2.25. The first kappa shape index (κ1) is 19.4. The highest BCUT2D eigenvalue weighted by Crippen LogP contribution is 2.26. The molecule has 0 atom stereocenters. The Morgan fingerprint density at radius 2 is 2.15 bits per heavy atom. The molecule has 0 unspecified atom stereocenters. The molecule has 1 N–H and O–H groups in total. The Labute approximate surface area is 153 Å². The summed E-state index contributed by atoms with van der Waals surface area (Å²) in [6.07, 6.45) is 2.34. The number of carboxylic acid groups (broad SMARTS) is 1. The van der Waals surface area contributed by atoms with Gasteiger partial charge in [-0.15, -0.1) is 0 Å². The van der Waals surface area contributed by atoms with Crippen molar-refractivity contribution in [3.05, 3.63) is 23.8 Å². The van der Waals surface area contributed by atoms with Crippen molar-refractivity contribution in [2.45, 2.75) is 12.8 Å². The number of ether oxygens (including phenoxy) is 2. The van der Waals surface area contributed by atoms with E-state index >= 15 is 0 Å². The van der Waals surface area contributed by atoms with E-state index in [2.05, 4.69) is 11.1 Å². The SMILES string of the molecule is CN(C)C=NCOc1cc(OCC2CCN(C(=O)O)CC2)ccc1C#N. The largest absolute Gasteiger partial charge is 0.493 e. The summed E-state index contributed by atoms with van der Waals surface area (Å²) in [5, 5.41) is 18.2. The van der Waals surface area contributed by atoms with Crippen molar-refractivity contribution in [2.24, 2.45) is 10.9 Å².